The molecule has 0 fully saturated rings. The Morgan fingerprint density at radius 3 is 2.76 bits per heavy atom. The average Bonchev–Trinajstić information content (AvgIpc) is 2.85. The van der Waals surface area contributed by atoms with Gasteiger partial charge in [0.1, 0.15) is 17.3 Å². The summed E-state index contributed by atoms with van der Waals surface area (Å²) in [6.45, 7) is 6.85. The lowest BCUT2D eigenvalue weighted by Gasteiger charge is -2.20. The molecule has 0 bridgehead atoms. The van der Waals surface area contributed by atoms with Crippen molar-refractivity contribution < 1.29 is 4.42 Å². The van der Waals surface area contributed by atoms with Crippen LogP contribution in [0.5, 0.6) is 0 Å². The third-order valence-electron chi connectivity index (χ3n) is 2.99. The molecule has 0 aliphatic heterocycles. The third-order valence-corrected chi connectivity index (χ3v) is 2.99. The number of hydrogen-bond donors (Lipinski definition) is 2. The lowest BCUT2D eigenvalue weighted by Crippen LogP contribution is -2.23. The summed E-state index contributed by atoms with van der Waals surface area (Å²) in [6, 6.07) is 3.89. The number of imidazole rings is 1. The van der Waals surface area contributed by atoms with Gasteiger partial charge in [0.25, 0.3) is 0 Å². The highest BCUT2D eigenvalue weighted by molar-refractivity contribution is 5.51. The normalized spacial score (nSPS) is 12.0. The number of nitrogens with two attached hydrogens (primary N) is 1. The van der Waals surface area contributed by atoms with E-state index in [2.05, 4.69) is 23.8 Å². The Morgan fingerprint density at radius 2 is 2.18 bits per heavy atom. The van der Waals surface area contributed by atoms with E-state index in [1.165, 1.54) is 0 Å². The van der Waals surface area contributed by atoms with Crippen LogP contribution in [0.3, 0.4) is 0 Å². The topological polar surface area (TPSA) is 67.8 Å². The van der Waals surface area contributed by atoms with Crippen LogP contribution in [0.25, 0.3) is 11.5 Å². The van der Waals surface area contributed by atoms with Gasteiger partial charge in [0.15, 0.2) is 5.76 Å². The quantitative estimate of drug-likeness (QED) is 0.853. The van der Waals surface area contributed by atoms with Gasteiger partial charge in [-0.1, -0.05) is 13.8 Å². The summed E-state index contributed by atoms with van der Waals surface area (Å²) in [4.78, 5) is 7.73. The fraction of sp³-hybridized carbons (Fsp3) is 0.462. The first-order chi connectivity index (χ1) is 8.03. The number of aryl methyl sites for hydroxylation is 1. The Kier molecular flexibility index (Phi) is 3.07. The van der Waals surface area contributed by atoms with Crippen LogP contribution in [0.4, 0.5) is 0 Å². The Balaban J connectivity index is 2.27. The Morgan fingerprint density at radius 1 is 1.41 bits per heavy atom. The van der Waals surface area contributed by atoms with E-state index < -0.39 is 0 Å². The van der Waals surface area contributed by atoms with E-state index in [1.807, 2.05) is 25.3 Å². The number of nitrogens with one attached hydrogen (secondary N) is 1. The van der Waals surface area contributed by atoms with E-state index in [4.69, 9.17) is 10.2 Å². The summed E-state index contributed by atoms with van der Waals surface area (Å²) >= 11 is 0. The second-order valence-electron chi connectivity index (χ2n) is 4.98. The summed E-state index contributed by atoms with van der Waals surface area (Å²) in [5.74, 6) is 2.68. The fourth-order valence-electron chi connectivity index (χ4n) is 1.85. The Hall–Kier alpha value is -1.55. The molecule has 2 heterocycles. The van der Waals surface area contributed by atoms with Gasteiger partial charge in [-0.05, 0) is 32.0 Å². The average molecular weight is 233 g/mol. The van der Waals surface area contributed by atoms with Crippen molar-refractivity contribution in [1.29, 1.82) is 0 Å². The number of aromatic amines is 1. The lowest BCUT2D eigenvalue weighted by molar-refractivity contribution is 0.461. The van der Waals surface area contributed by atoms with Crippen LogP contribution in [0.15, 0.2) is 22.7 Å². The molecule has 17 heavy (non-hydrogen) atoms. The second kappa shape index (κ2) is 4.37. The van der Waals surface area contributed by atoms with Crippen molar-refractivity contribution in [2.75, 3.05) is 6.54 Å². The number of hydrogen-bond acceptors (Lipinski definition) is 3. The molecule has 3 N–H and O–H groups in total. The largest absolute Gasteiger partial charge is 0.460 e. The molecule has 2 aromatic heterocycles. The maximum absolute atomic E-state index is 5.61. The summed E-state index contributed by atoms with van der Waals surface area (Å²) in [7, 11) is 0. The zero-order chi connectivity index (χ0) is 12.5. The van der Waals surface area contributed by atoms with Crippen molar-refractivity contribution >= 4 is 0 Å². The van der Waals surface area contributed by atoms with Gasteiger partial charge in [0.2, 0.25) is 0 Å². The van der Waals surface area contributed by atoms with Crippen LogP contribution in [0, 0.1) is 6.92 Å². The standard InChI is InChI=1S/C13H19N3O/c1-9-4-5-11(17-9)10-8-15-12(16-10)13(2,3)6-7-14/h4-5,8H,6-7,14H2,1-3H3,(H,15,16). The number of rotatable bonds is 4. The molecule has 4 nitrogen and oxygen atoms in total. The Labute approximate surface area is 101 Å². The molecule has 0 unspecified atom stereocenters. The summed E-state index contributed by atoms with van der Waals surface area (Å²) in [5, 5.41) is 0. The van der Waals surface area contributed by atoms with Gasteiger partial charge in [-0.15, -0.1) is 0 Å². The Bertz CT molecular complexity index is 496. The minimum Gasteiger partial charge on any atom is -0.460 e. The molecule has 4 heteroatoms. The van der Waals surface area contributed by atoms with Crippen molar-refractivity contribution in [2.24, 2.45) is 5.73 Å². The van der Waals surface area contributed by atoms with Crippen molar-refractivity contribution in [3.05, 3.63) is 29.9 Å². The molecule has 2 rings (SSSR count). The van der Waals surface area contributed by atoms with E-state index in [9.17, 15) is 0 Å². The van der Waals surface area contributed by atoms with Crippen molar-refractivity contribution in [3.8, 4) is 11.5 Å². The number of furan rings is 1. The monoisotopic (exact) mass is 233 g/mol. The zero-order valence-electron chi connectivity index (χ0n) is 10.6. The molecule has 0 saturated heterocycles. The minimum atomic E-state index is -0.0331. The molecule has 0 aliphatic carbocycles. The number of H-pyrrole nitrogens is 1. The molecule has 0 saturated carbocycles. The molecule has 2 aromatic rings. The van der Waals surface area contributed by atoms with Crippen molar-refractivity contribution in [2.45, 2.75) is 32.6 Å². The van der Waals surface area contributed by atoms with Gasteiger partial charge in [-0.3, -0.25) is 0 Å². The van der Waals surface area contributed by atoms with Gasteiger partial charge >= 0.3 is 0 Å². The van der Waals surface area contributed by atoms with Gasteiger partial charge in [0.05, 0.1) is 6.20 Å². The predicted octanol–water partition coefficient (Wildman–Crippen LogP) is 2.60. The predicted molar refractivity (Wildman–Crippen MR) is 67.7 cm³/mol. The molecule has 0 aromatic carbocycles. The molecule has 0 spiro atoms. The second-order valence-corrected chi connectivity index (χ2v) is 4.98. The van der Waals surface area contributed by atoms with Gasteiger partial charge in [-0.2, -0.15) is 0 Å². The van der Waals surface area contributed by atoms with Crippen LogP contribution in [-0.4, -0.2) is 16.5 Å². The first kappa shape index (κ1) is 11.9. The summed E-state index contributed by atoms with van der Waals surface area (Å²) in [6.07, 6.45) is 2.71. The first-order valence-electron chi connectivity index (χ1n) is 5.85. The van der Waals surface area contributed by atoms with Crippen LogP contribution in [-0.2, 0) is 5.41 Å². The lowest BCUT2D eigenvalue weighted by atomic mass is 9.88. The third kappa shape index (κ3) is 2.42. The van der Waals surface area contributed by atoms with E-state index in [0.29, 0.717) is 6.54 Å². The van der Waals surface area contributed by atoms with E-state index in [0.717, 1.165) is 29.5 Å². The van der Waals surface area contributed by atoms with Crippen LogP contribution in [0.2, 0.25) is 0 Å². The minimum absolute atomic E-state index is 0.0331. The molecule has 0 atom stereocenters. The maximum Gasteiger partial charge on any atom is 0.152 e. The first-order valence-corrected chi connectivity index (χ1v) is 5.85. The highest BCUT2D eigenvalue weighted by atomic mass is 16.3. The summed E-state index contributed by atoms with van der Waals surface area (Å²) in [5.41, 5.74) is 6.49. The molecular formula is C13H19N3O. The van der Waals surface area contributed by atoms with Crippen molar-refractivity contribution in [3.63, 3.8) is 0 Å². The highest BCUT2D eigenvalue weighted by Gasteiger charge is 2.23. The van der Waals surface area contributed by atoms with Crippen LogP contribution < -0.4 is 5.73 Å². The van der Waals surface area contributed by atoms with Crippen LogP contribution >= 0.6 is 0 Å². The molecule has 92 valence electrons. The van der Waals surface area contributed by atoms with Gasteiger partial charge in [-0.25, -0.2) is 4.98 Å². The SMILES string of the molecule is Cc1ccc(-c2cnc(C(C)(C)CCN)[nH]2)o1. The molecular weight excluding hydrogens is 214 g/mol. The van der Waals surface area contributed by atoms with E-state index in [1.54, 1.807) is 0 Å². The van der Waals surface area contributed by atoms with E-state index >= 15 is 0 Å². The summed E-state index contributed by atoms with van der Waals surface area (Å²) < 4.78 is 5.56. The number of nitrogens with zero attached hydrogens (tertiary/aromatic N) is 1. The highest BCUT2D eigenvalue weighted by Crippen LogP contribution is 2.27. The maximum atomic E-state index is 5.61. The van der Waals surface area contributed by atoms with Gasteiger partial charge < -0.3 is 15.1 Å². The van der Waals surface area contributed by atoms with Crippen LogP contribution in [0.1, 0.15) is 31.9 Å². The zero-order valence-corrected chi connectivity index (χ0v) is 10.6. The van der Waals surface area contributed by atoms with Gasteiger partial charge in [0, 0.05) is 5.41 Å². The fourth-order valence-corrected chi connectivity index (χ4v) is 1.85. The smallest absolute Gasteiger partial charge is 0.152 e. The van der Waals surface area contributed by atoms with E-state index in [-0.39, 0.29) is 5.41 Å². The molecule has 0 radical (unpaired) electrons. The number of aromatic nitrogens is 2. The van der Waals surface area contributed by atoms with Crippen molar-refractivity contribution in [1.82, 2.24) is 9.97 Å². The molecule has 0 aliphatic rings. The molecule has 0 amide bonds.